The number of fused-ring (bicyclic) bond motifs is 6. The number of thiophene rings is 1. The van der Waals surface area contributed by atoms with Crippen LogP contribution < -0.4 is 20.9 Å². The molecule has 11 rings (SSSR count). The fraction of sp³-hybridized carbons (Fsp3) is 0.0588. The molecule has 57 heavy (non-hydrogen) atoms. The van der Waals surface area contributed by atoms with Crippen molar-refractivity contribution in [3.05, 3.63) is 197 Å². The van der Waals surface area contributed by atoms with Gasteiger partial charge in [-0.1, -0.05) is 127 Å². The monoisotopic (exact) mass is 752 g/mol. The van der Waals surface area contributed by atoms with Crippen molar-refractivity contribution < 1.29 is 4.42 Å². The van der Waals surface area contributed by atoms with Crippen molar-refractivity contribution in [1.82, 2.24) is 5.32 Å². The number of benzene rings is 7. The number of hydrogen-bond donors (Lipinski definition) is 1. The van der Waals surface area contributed by atoms with E-state index in [1.807, 2.05) is 47.7 Å². The molecule has 5 nitrogen and oxygen atoms in total. The first-order valence-electron chi connectivity index (χ1n) is 19.4. The van der Waals surface area contributed by atoms with Crippen molar-refractivity contribution in [2.75, 3.05) is 4.90 Å². The number of nitrogens with one attached hydrogen (secondary N) is 1. The molecular weight excluding hydrogens is 717 g/mol. The third-order valence-corrected chi connectivity index (χ3v) is 12.1. The predicted molar refractivity (Wildman–Crippen MR) is 238 cm³/mol. The molecule has 0 amide bonds. The van der Waals surface area contributed by atoms with E-state index in [0.717, 1.165) is 85.2 Å². The van der Waals surface area contributed by atoms with E-state index in [4.69, 9.17) is 14.4 Å². The Hall–Kier alpha value is -7.02. The summed E-state index contributed by atoms with van der Waals surface area (Å²) in [4.78, 5) is 12.7. The average molecular weight is 753 g/mol. The number of rotatable bonds is 7. The highest BCUT2D eigenvalue weighted by molar-refractivity contribution is 7.25. The third-order valence-electron chi connectivity index (χ3n) is 11.0. The molecule has 1 atom stereocenters. The molecule has 0 saturated heterocycles. The van der Waals surface area contributed by atoms with E-state index in [-0.39, 0.29) is 6.17 Å². The zero-order valence-corrected chi connectivity index (χ0v) is 31.8. The summed E-state index contributed by atoms with van der Waals surface area (Å²) in [7, 11) is 0. The van der Waals surface area contributed by atoms with Crippen LogP contribution in [0.5, 0.6) is 0 Å². The van der Waals surface area contributed by atoms with Crippen LogP contribution >= 0.6 is 11.3 Å². The first-order chi connectivity index (χ1) is 28.2. The SMILES string of the molecule is C1=c2oc3c(C4=NC(c5ccccc5)NC(c5ccccc5)=N4)ccc(-c4ccc(N(c5ccccc5)c5ccc6c(c5)sc5ccccc56)cc4)c3c2=CCC1. The standard InChI is InChI=1S/C51H36N4OS/c1-4-14-34(15-5-1)49-52-50(35-16-6-2-7-17-35)54-51(53-49)43-31-30-39(47-42-21-10-12-22-44(42)56-48(43)47)33-24-26-37(27-25-33)55(36-18-8-3-9-19-36)38-28-29-41-40-20-11-13-23-45(40)57-46(41)32-38/h1-9,11,13-32,49H,10,12H2,(H,52,53,54). The predicted octanol–water partition coefficient (Wildman–Crippen LogP) is 11.8. The van der Waals surface area contributed by atoms with E-state index in [1.54, 1.807) is 0 Å². The maximum absolute atomic E-state index is 6.79. The number of furan rings is 1. The maximum Gasteiger partial charge on any atom is 0.163 e. The molecule has 0 saturated carbocycles. The zero-order chi connectivity index (χ0) is 37.7. The topological polar surface area (TPSA) is 53.1 Å². The van der Waals surface area contributed by atoms with Crippen molar-refractivity contribution in [2.24, 2.45) is 9.98 Å². The zero-order valence-electron chi connectivity index (χ0n) is 31.0. The number of nitrogens with zero attached hydrogens (tertiary/aromatic N) is 3. The molecule has 1 aliphatic heterocycles. The van der Waals surface area contributed by atoms with Crippen LogP contribution in [0.15, 0.2) is 184 Å². The Balaban J connectivity index is 1.03. The molecule has 272 valence electrons. The van der Waals surface area contributed by atoms with Crippen LogP contribution in [0.2, 0.25) is 0 Å². The summed E-state index contributed by atoms with van der Waals surface area (Å²) in [6, 6.07) is 60.0. The Morgan fingerprint density at radius 2 is 1.25 bits per heavy atom. The maximum atomic E-state index is 6.79. The van der Waals surface area contributed by atoms with Gasteiger partial charge in [0.25, 0.3) is 0 Å². The Bertz CT molecular complexity index is 3150. The number of aliphatic imine (C=N–C) groups is 2. The van der Waals surface area contributed by atoms with Gasteiger partial charge in [0, 0.05) is 53.4 Å². The van der Waals surface area contributed by atoms with E-state index >= 15 is 0 Å². The molecule has 1 aliphatic carbocycles. The lowest BCUT2D eigenvalue weighted by atomic mass is 9.96. The van der Waals surface area contributed by atoms with E-state index in [2.05, 4.69) is 156 Å². The van der Waals surface area contributed by atoms with Crippen molar-refractivity contribution in [1.29, 1.82) is 0 Å². The lowest BCUT2D eigenvalue weighted by molar-refractivity contribution is 0.571. The van der Waals surface area contributed by atoms with Crippen LogP contribution in [0.25, 0.3) is 54.4 Å². The minimum atomic E-state index is -0.300. The van der Waals surface area contributed by atoms with Crippen molar-refractivity contribution in [2.45, 2.75) is 19.0 Å². The average Bonchev–Trinajstić information content (AvgIpc) is 3.86. The minimum absolute atomic E-state index is 0.300. The van der Waals surface area contributed by atoms with Gasteiger partial charge in [0.2, 0.25) is 0 Å². The third kappa shape index (κ3) is 5.93. The number of hydrogen-bond acceptors (Lipinski definition) is 6. The number of para-hydroxylation sites is 1. The summed E-state index contributed by atoms with van der Waals surface area (Å²) in [5.74, 6) is 1.43. The molecule has 0 fully saturated rings. The van der Waals surface area contributed by atoms with Gasteiger partial charge in [-0.3, -0.25) is 0 Å². The summed E-state index contributed by atoms with van der Waals surface area (Å²) in [5, 5.41) is 8.42. The van der Waals surface area contributed by atoms with Gasteiger partial charge in [0.1, 0.15) is 23.0 Å². The van der Waals surface area contributed by atoms with E-state index in [9.17, 15) is 0 Å². The molecule has 0 bridgehead atoms. The van der Waals surface area contributed by atoms with Gasteiger partial charge >= 0.3 is 0 Å². The summed E-state index contributed by atoms with van der Waals surface area (Å²) in [6.07, 6.45) is 6.15. The Morgan fingerprint density at radius 1 is 0.579 bits per heavy atom. The molecule has 0 radical (unpaired) electrons. The van der Waals surface area contributed by atoms with Gasteiger partial charge in [0.15, 0.2) is 5.84 Å². The van der Waals surface area contributed by atoms with Gasteiger partial charge in [-0.2, -0.15) is 0 Å². The normalized spacial score (nSPS) is 15.0. The van der Waals surface area contributed by atoms with E-state index in [0.29, 0.717) is 5.84 Å². The lowest BCUT2D eigenvalue weighted by Crippen LogP contribution is -2.33. The molecule has 1 N–H and O–H groups in total. The molecule has 6 heteroatoms. The quantitative estimate of drug-likeness (QED) is 0.176. The lowest BCUT2D eigenvalue weighted by Gasteiger charge is -2.26. The van der Waals surface area contributed by atoms with Gasteiger partial charge in [-0.25, -0.2) is 9.98 Å². The highest BCUT2D eigenvalue weighted by atomic mass is 32.1. The summed E-state index contributed by atoms with van der Waals surface area (Å²) < 4.78 is 9.37. The molecule has 2 aromatic heterocycles. The van der Waals surface area contributed by atoms with Crippen LogP contribution in [0.1, 0.15) is 35.7 Å². The smallest absolute Gasteiger partial charge is 0.163 e. The highest BCUT2D eigenvalue weighted by Crippen LogP contribution is 2.41. The summed E-state index contributed by atoms with van der Waals surface area (Å²) in [6.45, 7) is 0. The minimum Gasteiger partial charge on any atom is -0.456 e. The molecule has 7 aromatic carbocycles. The molecule has 9 aromatic rings. The Morgan fingerprint density at radius 3 is 2.07 bits per heavy atom. The second kappa shape index (κ2) is 13.9. The number of amidine groups is 2. The van der Waals surface area contributed by atoms with Crippen LogP contribution in [-0.4, -0.2) is 11.7 Å². The fourth-order valence-corrected chi connectivity index (χ4v) is 9.38. The van der Waals surface area contributed by atoms with Crippen molar-refractivity contribution in [3.63, 3.8) is 0 Å². The first kappa shape index (κ1) is 33.3. The van der Waals surface area contributed by atoms with Gasteiger partial charge in [-0.05, 0) is 84.1 Å². The fourth-order valence-electron chi connectivity index (χ4n) is 8.24. The van der Waals surface area contributed by atoms with Crippen LogP contribution in [-0.2, 0) is 0 Å². The molecule has 3 heterocycles. The Kier molecular flexibility index (Phi) is 8.14. The van der Waals surface area contributed by atoms with Gasteiger partial charge in [0.05, 0.1) is 5.56 Å². The summed E-state index contributed by atoms with van der Waals surface area (Å²) >= 11 is 1.84. The number of anilines is 3. The highest BCUT2D eigenvalue weighted by Gasteiger charge is 2.25. The van der Waals surface area contributed by atoms with Gasteiger partial charge < -0.3 is 14.6 Å². The van der Waals surface area contributed by atoms with Crippen molar-refractivity contribution >= 4 is 83.4 Å². The van der Waals surface area contributed by atoms with Crippen LogP contribution in [0, 0.1) is 0 Å². The molecular formula is C51H36N4OS. The molecule has 0 spiro atoms. The molecule has 1 unspecified atom stereocenters. The first-order valence-corrected chi connectivity index (χ1v) is 20.2. The second-order valence-electron chi connectivity index (χ2n) is 14.5. The second-order valence-corrected chi connectivity index (χ2v) is 15.5. The van der Waals surface area contributed by atoms with Crippen LogP contribution in [0.4, 0.5) is 17.1 Å². The summed E-state index contributed by atoms with van der Waals surface area (Å²) in [5.41, 5.74) is 10.2. The van der Waals surface area contributed by atoms with Crippen LogP contribution in [0.3, 0.4) is 0 Å². The van der Waals surface area contributed by atoms with E-state index < -0.39 is 0 Å². The largest absolute Gasteiger partial charge is 0.456 e. The Labute approximate surface area is 333 Å². The molecule has 2 aliphatic rings. The van der Waals surface area contributed by atoms with Gasteiger partial charge in [-0.15, -0.1) is 11.3 Å². The van der Waals surface area contributed by atoms with Crippen molar-refractivity contribution in [3.8, 4) is 11.1 Å². The van der Waals surface area contributed by atoms with E-state index in [1.165, 1.54) is 20.2 Å².